The first-order valence-electron chi connectivity index (χ1n) is 7.60. The van der Waals surface area contributed by atoms with E-state index in [1.54, 1.807) is 26.5 Å². The molecule has 1 aliphatic heterocycles. The topological polar surface area (TPSA) is 44.1 Å². The minimum absolute atomic E-state index is 0.592. The number of methoxy groups -OCH3 is 2. The van der Waals surface area contributed by atoms with Crippen molar-refractivity contribution in [3.05, 3.63) is 54.3 Å². The molecule has 24 heavy (non-hydrogen) atoms. The van der Waals surface area contributed by atoms with Gasteiger partial charge in [0.1, 0.15) is 17.2 Å². The van der Waals surface area contributed by atoms with E-state index in [4.69, 9.17) is 18.6 Å². The van der Waals surface area contributed by atoms with Crippen molar-refractivity contribution in [3.8, 4) is 23.0 Å². The Morgan fingerprint density at radius 2 is 1.62 bits per heavy atom. The predicted octanol–water partition coefficient (Wildman–Crippen LogP) is 5.18. The van der Waals surface area contributed by atoms with Crippen LogP contribution < -0.4 is 19.1 Å². The van der Waals surface area contributed by atoms with Gasteiger partial charge in [-0.1, -0.05) is 12.1 Å². The average molecular weight is 323 g/mol. The number of benzene rings is 2. The highest BCUT2D eigenvalue weighted by atomic mass is 16.5. The summed E-state index contributed by atoms with van der Waals surface area (Å²) in [5, 5.41) is 0. The van der Waals surface area contributed by atoms with Gasteiger partial charge < -0.3 is 18.6 Å². The van der Waals surface area contributed by atoms with E-state index >= 15 is 0 Å². The van der Waals surface area contributed by atoms with Crippen molar-refractivity contribution in [1.82, 2.24) is 0 Å². The molecule has 1 aromatic heterocycles. The van der Waals surface area contributed by atoms with Crippen LogP contribution in [0.1, 0.15) is 5.56 Å². The third-order valence-corrected chi connectivity index (χ3v) is 3.99. The zero-order valence-corrected chi connectivity index (χ0v) is 13.7. The van der Waals surface area contributed by atoms with Gasteiger partial charge in [0.05, 0.1) is 26.2 Å². The van der Waals surface area contributed by atoms with Gasteiger partial charge in [0, 0.05) is 6.07 Å². The first-order chi connectivity index (χ1) is 11.7. The predicted molar refractivity (Wildman–Crippen MR) is 91.3 cm³/mol. The van der Waals surface area contributed by atoms with Crippen LogP contribution in [-0.4, -0.2) is 14.2 Å². The number of hydrogen-bond donors (Lipinski definition) is 0. The molecular formula is C19H17NO4. The summed E-state index contributed by atoms with van der Waals surface area (Å²) < 4.78 is 22.9. The monoisotopic (exact) mass is 323 g/mol. The number of furan rings is 1. The summed E-state index contributed by atoms with van der Waals surface area (Å²) in [5.41, 5.74) is 2.69. The molecule has 0 radical (unpaired) electrons. The first-order valence-corrected chi connectivity index (χ1v) is 7.60. The Bertz CT molecular complexity index is 875. The molecule has 2 aromatic carbocycles. The van der Waals surface area contributed by atoms with Crippen LogP contribution in [0.3, 0.4) is 0 Å². The lowest BCUT2D eigenvalue weighted by molar-refractivity contribution is 0.393. The lowest BCUT2D eigenvalue weighted by Crippen LogP contribution is -2.16. The fourth-order valence-electron chi connectivity index (χ4n) is 2.95. The maximum absolute atomic E-state index is 5.92. The Balaban J connectivity index is 2.02. The van der Waals surface area contributed by atoms with Gasteiger partial charge in [0.2, 0.25) is 5.88 Å². The standard InChI is InChI=1S/C19H17NO4/c1-12-10-16(21-2)18(17(11-12)22-3)20-13-6-4-5-7-14(13)24-15-8-9-23-19(15)20/h4-11H,1-3H3. The van der Waals surface area contributed by atoms with Crippen LogP contribution in [0.15, 0.2) is 53.1 Å². The quantitative estimate of drug-likeness (QED) is 0.520. The molecule has 0 saturated carbocycles. The van der Waals surface area contributed by atoms with Crippen LogP contribution in [0, 0.1) is 6.92 Å². The van der Waals surface area contributed by atoms with Crippen molar-refractivity contribution >= 4 is 17.3 Å². The van der Waals surface area contributed by atoms with Crippen molar-refractivity contribution in [1.29, 1.82) is 0 Å². The molecular weight excluding hydrogens is 306 g/mol. The number of fused-ring (bicyclic) bond motifs is 2. The number of nitrogens with zero attached hydrogens (tertiary/aromatic N) is 1. The maximum Gasteiger partial charge on any atom is 0.248 e. The van der Waals surface area contributed by atoms with Crippen LogP contribution in [-0.2, 0) is 0 Å². The van der Waals surface area contributed by atoms with E-state index < -0.39 is 0 Å². The summed E-state index contributed by atoms with van der Waals surface area (Å²) in [4.78, 5) is 1.96. The molecule has 0 bridgehead atoms. The number of ether oxygens (including phenoxy) is 3. The molecule has 0 fully saturated rings. The van der Waals surface area contributed by atoms with Crippen LogP contribution in [0.4, 0.5) is 17.3 Å². The van der Waals surface area contributed by atoms with Gasteiger partial charge in [-0.05, 0) is 36.8 Å². The van der Waals surface area contributed by atoms with Crippen molar-refractivity contribution < 1.29 is 18.6 Å². The van der Waals surface area contributed by atoms with E-state index in [1.807, 2.05) is 48.2 Å². The zero-order chi connectivity index (χ0) is 16.7. The van der Waals surface area contributed by atoms with E-state index in [1.165, 1.54) is 0 Å². The van der Waals surface area contributed by atoms with Gasteiger partial charge >= 0.3 is 0 Å². The molecule has 0 N–H and O–H groups in total. The lowest BCUT2D eigenvalue weighted by atomic mass is 10.1. The maximum atomic E-state index is 5.92. The third kappa shape index (κ3) is 2.09. The Morgan fingerprint density at radius 1 is 0.917 bits per heavy atom. The molecule has 3 aromatic rings. The highest BCUT2D eigenvalue weighted by Gasteiger charge is 2.32. The van der Waals surface area contributed by atoms with Crippen LogP contribution in [0.25, 0.3) is 0 Å². The minimum atomic E-state index is 0.592. The summed E-state index contributed by atoms with van der Waals surface area (Å²) in [6.45, 7) is 2.00. The van der Waals surface area contributed by atoms with Crippen molar-refractivity contribution in [2.45, 2.75) is 6.92 Å². The summed E-state index contributed by atoms with van der Waals surface area (Å²) >= 11 is 0. The smallest absolute Gasteiger partial charge is 0.248 e. The number of aryl methyl sites for hydroxylation is 1. The average Bonchev–Trinajstić information content (AvgIpc) is 3.07. The molecule has 4 rings (SSSR count). The largest absolute Gasteiger partial charge is 0.494 e. The van der Waals surface area contributed by atoms with Gasteiger partial charge in [-0.25, -0.2) is 0 Å². The molecule has 0 amide bonds. The van der Waals surface area contributed by atoms with Crippen molar-refractivity contribution in [2.75, 3.05) is 19.1 Å². The van der Waals surface area contributed by atoms with Gasteiger partial charge in [-0.2, -0.15) is 0 Å². The molecule has 0 saturated heterocycles. The van der Waals surface area contributed by atoms with Crippen molar-refractivity contribution in [2.24, 2.45) is 0 Å². The van der Waals surface area contributed by atoms with E-state index in [0.717, 1.165) is 22.7 Å². The molecule has 122 valence electrons. The normalized spacial score (nSPS) is 12.2. The Hall–Kier alpha value is -3.08. The second kappa shape index (κ2) is 5.53. The Kier molecular flexibility index (Phi) is 3.34. The summed E-state index contributed by atoms with van der Waals surface area (Å²) in [7, 11) is 3.29. The number of rotatable bonds is 3. The lowest BCUT2D eigenvalue weighted by Gasteiger charge is -2.31. The SMILES string of the molecule is COc1cc(C)cc(OC)c1N1c2ccccc2Oc2ccoc21. The molecule has 0 aliphatic carbocycles. The molecule has 0 unspecified atom stereocenters. The number of hydrogen-bond acceptors (Lipinski definition) is 5. The first kappa shape index (κ1) is 14.5. The van der Waals surface area contributed by atoms with Gasteiger partial charge in [-0.15, -0.1) is 0 Å². The van der Waals surface area contributed by atoms with Crippen LogP contribution in [0.5, 0.6) is 23.0 Å². The molecule has 0 spiro atoms. The van der Waals surface area contributed by atoms with Gasteiger partial charge in [0.25, 0.3) is 0 Å². The van der Waals surface area contributed by atoms with Gasteiger partial charge in [-0.3, -0.25) is 4.90 Å². The number of para-hydroxylation sites is 2. The van der Waals surface area contributed by atoms with E-state index in [0.29, 0.717) is 23.1 Å². The minimum Gasteiger partial charge on any atom is -0.494 e. The Labute approximate surface area is 140 Å². The van der Waals surface area contributed by atoms with E-state index in [9.17, 15) is 0 Å². The highest BCUT2D eigenvalue weighted by molar-refractivity contribution is 5.88. The third-order valence-electron chi connectivity index (χ3n) is 3.99. The van der Waals surface area contributed by atoms with E-state index in [2.05, 4.69) is 0 Å². The fraction of sp³-hybridized carbons (Fsp3) is 0.158. The molecule has 0 atom stereocenters. The summed E-state index contributed by atoms with van der Waals surface area (Å²) in [5.74, 6) is 3.39. The summed E-state index contributed by atoms with van der Waals surface area (Å²) in [6.07, 6.45) is 1.61. The second-order valence-corrected chi connectivity index (χ2v) is 5.51. The highest BCUT2D eigenvalue weighted by Crippen LogP contribution is 2.55. The van der Waals surface area contributed by atoms with Crippen LogP contribution in [0.2, 0.25) is 0 Å². The molecule has 5 heteroatoms. The molecule has 5 nitrogen and oxygen atoms in total. The zero-order valence-electron chi connectivity index (χ0n) is 13.7. The van der Waals surface area contributed by atoms with Crippen LogP contribution >= 0.6 is 0 Å². The fourth-order valence-corrected chi connectivity index (χ4v) is 2.95. The summed E-state index contributed by atoms with van der Waals surface area (Å²) in [6, 6.07) is 13.5. The molecule has 1 aliphatic rings. The van der Waals surface area contributed by atoms with Gasteiger partial charge in [0.15, 0.2) is 11.5 Å². The van der Waals surface area contributed by atoms with E-state index in [-0.39, 0.29) is 0 Å². The van der Waals surface area contributed by atoms with Crippen molar-refractivity contribution in [3.63, 3.8) is 0 Å². The number of anilines is 3. The Morgan fingerprint density at radius 3 is 2.33 bits per heavy atom. The molecule has 2 heterocycles. The second-order valence-electron chi connectivity index (χ2n) is 5.51.